The van der Waals surface area contributed by atoms with Gasteiger partial charge in [0.15, 0.2) is 0 Å². The highest BCUT2D eigenvalue weighted by Crippen LogP contribution is 2.35. The van der Waals surface area contributed by atoms with E-state index >= 15 is 0 Å². The molecule has 1 heterocycles. The van der Waals surface area contributed by atoms with Crippen molar-refractivity contribution in [1.82, 2.24) is 10.6 Å². The lowest BCUT2D eigenvalue weighted by Crippen LogP contribution is -2.39. The maximum atomic E-state index is 9.30. The van der Waals surface area contributed by atoms with Crippen LogP contribution >= 0.6 is 0 Å². The fourth-order valence-corrected chi connectivity index (χ4v) is 4.40. The summed E-state index contributed by atoms with van der Waals surface area (Å²) in [5, 5.41) is 25.1. The topological polar surface area (TPSA) is 64.5 Å². The van der Waals surface area contributed by atoms with Crippen molar-refractivity contribution in [2.75, 3.05) is 6.54 Å². The highest BCUT2D eigenvalue weighted by Gasteiger charge is 2.33. The predicted octanol–water partition coefficient (Wildman–Crippen LogP) is 4.00. The molecule has 2 unspecified atom stereocenters. The second-order valence-corrected chi connectivity index (χ2v) is 10.7. The van der Waals surface area contributed by atoms with Crippen molar-refractivity contribution in [3.63, 3.8) is 0 Å². The number of hydrogen-bond acceptors (Lipinski definition) is 4. The summed E-state index contributed by atoms with van der Waals surface area (Å²) in [6.45, 7) is 14.1. The summed E-state index contributed by atoms with van der Waals surface area (Å²) in [5.41, 5.74) is 5.48. The van der Waals surface area contributed by atoms with Crippen molar-refractivity contribution in [1.29, 1.82) is 0 Å². The molecule has 0 spiro atoms. The van der Waals surface area contributed by atoms with Crippen LogP contribution in [-0.4, -0.2) is 35.3 Å². The molecule has 3 rings (SSSR count). The molecular weight excluding hydrogens is 372 g/mol. The van der Waals surface area contributed by atoms with Crippen molar-refractivity contribution in [3.05, 3.63) is 70.8 Å². The maximum Gasteiger partial charge on any atom is 0.211 e. The highest BCUT2D eigenvalue weighted by molar-refractivity contribution is 5.39. The van der Waals surface area contributed by atoms with Gasteiger partial charge in [-0.2, -0.15) is 0 Å². The number of aliphatic hydroxyl groups excluding tert-OH is 1. The molecule has 0 aliphatic carbocycles. The summed E-state index contributed by atoms with van der Waals surface area (Å²) in [6.07, 6.45) is -0.643. The van der Waals surface area contributed by atoms with E-state index in [1.165, 1.54) is 22.3 Å². The average molecular weight is 411 g/mol. The molecule has 2 aromatic carbocycles. The molecule has 4 nitrogen and oxygen atoms in total. The smallest absolute Gasteiger partial charge is 0.211 e. The molecule has 0 bridgehead atoms. The summed E-state index contributed by atoms with van der Waals surface area (Å²) < 4.78 is 0. The van der Waals surface area contributed by atoms with Gasteiger partial charge in [0.2, 0.25) is 6.41 Å². The van der Waals surface area contributed by atoms with Gasteiger partial charge in [-0.05, 0) is 39.5 Å². The Labute approximate surface area is 181 Å². The van der Waals surface area contributed by atoms with Crippen LogP contribution in [0.25, 0.3) is 0 Å². The minimum Gasteiger partial charge on any atom is -0.356 e. The number of rotatable bonds is 5. The Hall–Kier alpha value is -1.72. The minimum atomic E-state index is -1.48. The number of aliphatic hydroxyl groups is 2. The third-order valence-corrected chi connectivity index (χ3v) is 6.22. The first kappa shape index (κ1) is 23.0. The fraction of sp³-hybridized carbons (Fsp3) is 0.538. The molecule has 1 saturated heterocycles. The summed E-state index contributed by atoms with van der Waals surface area (Å²) in [5.74, 6) is 0.204. The Morgan fingerprint density at radius 1 is 0.800 bits per heavy atom. The molecule has 2 atom stereocenters. The van der Waals surface area contributed by atoms with Crippen LogP contribution in [0.15, 0.2) is 48.5 Å². The van der Waals surface area contributed by atoms with Crippen molar-refractivity contribution in [3.8, 4) is 0 Å². The molecule has 164 valence electrons. The second kappa shape index (κ2) is 8.80. The highest BCUT2D eigenvalue weighted by atomic mass is 16.5. The van der Waals surface area contributed by atoms with Crippen molar-refractivity contribution in [2.24, 2.45) is 0 Å². The molecule has 0 radical (unpaired) electrons. The lowest BCUT2D eigenvalue weighted by Gasteiger charge is -2.28. The quantitative estimate of drug-likeness (QED) is 0.563. The molecule has 0 saturated carbocycles. The monoisotopic (exact) mass is 410 g/mol. The van der Waals surface area contributed by atoms with E-state index < -0.39 is 6.41 Å². The predicted molar refractivity (Wildman–Crippen MR) is 124 cm³/mol. The van der Waals surface area contributed by atoms with Gasteiger partial charge in [0.25, 0.3) is 0 Å². The number of nitrogens with one attached hydrogen (secondary N) is 2. The van der Waals surface area contributed by atoms with Gasteiger partial charge < -0.3 is 15.5 Å². The van der Waals surface area contributed by atoms with Crippen LogP contribution in [-0.2, 0) is 10.8 Å². The summed E-state index contributed by atoms with van der Waals surface area (Å²) >= 11 is 0. The molecule has 2 aromatic rings. The molecule has 0 aromatic heterocycles. The van der Waals surface area contributed by atoms with Gasteiger partial charge >= 0.3 is 0 Å². The van der Waals surface area contributed by atoms with Gasteiger partial charge in [-0.1, -0.05) is 90.1 Å². The average Bonchev–Trinajstić information content (AvgIpc) is 3.08. The van der Waals surface area contributed by atoms with Crippen LogP contribution in [0.5, 0.6) is 0 Å². The first-order chi connectivity index (χ1) is 13.9. The van der Waals surface area contributed by atoms with Gasteiger partial charge in [0.1, 0.15) is 0 Å². The van der Waals surface area contributed by atoms with Gasteiger partial charge in [-0.25, -0.2) is 0 Å². The van der Waals surface area contributed by atoms with Gasteiger partial charge in [0.05, 0.1) is 0 Å². The van der Waals surface area contributed by atoms with Crippen LogP contribution in [0.2, 0.25) is 0 Å². The Balaban J connectivity index is 1.93. The maximum absolute atomic E-state index is 9.30. The van der Waals surface area contributed by atoms with Crippen LogP contribution < -0.4 is 10.6 Å². The van der Waals surface area contributed by atoms with E-state index in [0.717, 1.165) is 13.0 Å². The lowest BCUT2D eigenvalue weighted by molar-refractivity contribution is -0.0721. The Morgan fingerprint density at radius 3 is 1.60 bits per heavy atom. The van der Waals surface area contributed by atoms with Crippen molar-refractivity contribution in [2.45, 2.75) is 83.2 Å². The summed E-state index contributed by atoms with van der Waals surface area (Å²) in [6, 6.07) is 18.3. The van der Waals surface area contributed by atoms with Crippen LogP contribution in [0, 0.1) is 0 Å². The Bertz CT molecular complexity index is 757. The van der Waals surface area contributed by atoms with E-state index in [0.29, 0.717) is 0 Å². The lowest BCUT2D eigenvalue weighted by atomic mass is 9.80. The SMILES string of the molecule is CC(C)(C)c1ccc(C(c2ccc(C(C)(C)C)cc2)C2CC(NC(O)O)CN2)cc1. The largest absolute Gasteiger partial charge is 0.356 e. The first-order valence-electron chi connectivity index (χ1n) is 11.0. The third-order valence-electron chi connectivity index (χ3n) is 6.22. The van der Waals surface area contributed by atoms with E-state index in [-0.39, 0.29) is 28.8 Å². The normalized spacial score (nSPS) is 20.3. The molecule has 4 heteroatoms. The van der Waals surface area contributed by atoms with Crippen molar-refractivity contribution < 1.29 is 10.2 Å². The zero-order valence-electron chi connectivity index (χ0n) is 19.2. The minimum absolute atomic E-state index is 0.0418. The van der Waals surface area contributed by atoms with Gasteiger partial charge in [-0.15, -0.1) is 0 Å². The Kier molecular flexibility index (Phi) is 6.73. The fourth-order valence-electron chi connectivity index (χ4n) is 4.40. The van der Waals surface area contributed by atoms with Crippen molar-refractivity contribution >= 4 is 0 Å². The van der Waals surface area contributed by atoms with E-state index in [1.807, 2.05) is 0 Å². The molecule has 1 aliphatic heterocycles. The number of hydrogen-bond donors (Lipinski definition) is 4. The van der Waals surface area contributed by atoms with E-state index in [2.05, 4.69) is 101 Å². The Morgan fingerprint density at radius 2 is 1.23 bits per heavy atom. The number of benzene rings is 2. The summed E-state index contributed by atoms with van der Waals surface area (Å²) in [4.78, 5) is 0. The van der Waals surface area contributed by atoms with Crippen LogP contribution in [0.4, 0.5) is 0 Å². The molecule has 1 fully saturated rings. The molecule has 30 heavy (non-hydrogen) atoms. The summed E-state index contributed by atoms with van der Waals surface area (Å²) in [7, 11) is 0. The van der Waals surface area contributed by atoms with E-state index in [1.54, 1.807) is 0 Å². The molecular formula is C26H38N2O2. The van der Waals surface area contributed by atoms with Crippen LogP contribution in [0.3, 0.4) is 0 Å². The molecule has 1 aliphatic rings. The standard InChI is InChI=1S/C26H38N2O2/c1-25(2,3)19-11-7-17(8-12-19)23(22-15-21(16-27-22)28-24(29)30)18-9-13-20(14-10-18)26(4,5)6/h7-14,21-24,27-30H,15-16H2,1-6H3. The third kappa shape index (κ3) is 5.50. The van der Waals surface area contributed by atoms with E-state index in [9.17, 15) is 10.2 Å². The molecule has 0 amide bonds. The molecule has 4 N–H and O–H groups in total. The van der Waals surface area contributed by atoms with Gasteiger partial charge in [-0.3, -0.25) is 5.32 Å². The second-order valence-electron chi connectivity index (χ2n) is 10.7. The van der Waals surface area contributed by atoms with E-state index in [4.69, 9.17) is 0 Å². The zero-order valence-corrected chi connectivity index (χ0v) is 19.2. The first-order valence-corrected chi connectivity index (χ1v) is 11.0. The van der Waals surface area contributed by atoms with Gasteiger partial charge in [0, 0.05) is 24.5 Å². The van der Waals surface area contributed by atoms with Crippen LogP contribution in [0.1, 0.15) is 76.1 Å². The zero-order chi connectivity index (χ0) is 22.1.